The van der Waals surface area contributed by atoms with Crippen molar-refractivity contribution in [2.75, 3.05) is 12.0 Å². The summed E-state index contributed by atoms with van der Waals surface area (Å²) in [5, 5.41) is 13.4. The lowest BCUT2D eigenvalue weighted by molar-refractivity contribution is -0.0207. The molecule has 3 heterocycles. The normalized spacial score (nSPS) is 20.4. The van der Waals surface area contributed by atoms with Crippen molar-refractivity contribution in [3.05, 3.63) is 37.0 Å². The van der Waals surface area contributed by atoms with Gasteiger partial charge >= 0.3 is 0 Å². The highest BCUT2D eigenvalue weighted by atomic mass is 16.5. The highest BCUT2D eigenvalue weighted by Gasteiger charge is 2.27. The van der Waals surface area contributed by atoms with Gasteiger partial charge in [0.05, 0.1) is 19.0 Å². The molecule has 0 spiro atoms. The topological polar surface area (TPSA) is 97.5 Å². The smallest absolute Gasteiger partial charge is 0.177 e. The van der Waals surface area contributed by atoms with Gasteiger partial charge in [-0.3, -0.25) is 9.99 Å². The fourth-order valence-electron chi connectivity index (χ4n) is 3.11. The molecule has 1 aliphatic heterocycles. The molecule has 0 radical (unpaired) electrons. The van der Waals surface area contributed by atoms with E-state index in [4.69, 9.17) is 4.74 Å². The number of nitrogens with one attached hydrogen (secondary N) is 1. The number of unbranched alkanes of at least 4 members (excludes halogenated alkanes) is 3. The molecule has 2 N–H and O–H groups in total. The number of fused-ring (bicyclic) bond motifs is 1. The van der Waals surface area contributed by atoms with Crippen molar-refractivity contribution < 1.29 is 9.84 Å². The molecule has 2 aromatic heterocycles. The van der Waals surface area contributed by atoms with E-state index in [0.29, 0.717) is 17.0 Å². The number of rotatable bonds is 10. The number of hydrogen-bond acceptors (Lipinski definition) is 7. The van der Waals surface area contributed by atoms with Crippen molar-refractivity contribution in [2.24, 2.45) is 5.10 Å². The number of aliphatic hydroxyl groups is 1. The molecule has 2 aromatic rings. The standard InChI is InChI=1S/C20H28N6O2/c1-2-3-4-5-6-7-8-9-12-24-25-19-18-20(22-14-21-19)26(15-23-18)17-11-10-16(13-27)28-17/h6-9,12,14-17,27H,2-5,10-11,13H2,1H3,(H,21,22,25)/b7-6+,9-8+,24-12+/t16-,17+/m0/s1. The van der Waals surface area contributed by atoms with Crippen molar-refractivity contribution in [1.29, 1.82) is 0 Å². The maximum absolute atomic E-state index is 9.25. The van der Waals surface area contributed by atoms with E-state index in [1.165, 1.54) is 25.6 Å². The Morgan fingerprint density at radius 2 is 2.18 bits per heavy atom. The van der Waals surface area contributed by atoms with Crippen molar-refractivity contribution in [1.82, 2.24) is 19.5 Å². The van der Waals surface area contributed by atoms with E-state index in [0.717, 1.165) is 19.3 Å². The average molecular weight is 384 g/mol. The molecule has 0 unspecified atom stereocenters. The molecule has 0 bridgehead atoms. The molecular formula is C20H28N6O2. The summed E-state index contributed by atoms with van der Waals surface area (Å²) in [6.45, 7) is 2.24. The number of aromatic nitrogens is 4. The predicted octanol–water partition coefficient (Wildman–Crippen LogP) is 3.59. The number of aliphatic hydroxyl groups excluding tert-OH is 1. The summed E-state index contributed by atoms with van der Waals surface area (Å²) in [4.78, 5) is 13.0. The molecule has 1 saturated heterocycles. The SMILES string of the molecule is CCCCC/C=C/C=C/C=N/Nc1ncnc2c1ncn2[C@H]1CC[C@@H](CO)O1. The second-order valence-electron chi connectivity index (χ2n) is 6.72. The van der Waals surface area contributed by atoms with E-state index in [2.05, 4.69) is 38.5 Å². The zero-order valence-electron chi connectivity index (χ0n) is 16.2. The van der Waals surface area contributed by atoms with Gasteiger partial charge in [-0.2, -0.15) is 5.10 Å². The number of nitrogens with zero attached hydrogens (tertiary/aromatic N) is 5. The monoisotopic (exact) mass is 384 g/mol. The van der Waals surface area contributed by atoms with Gasteiger partial charge in [0.1, 0.15) is 12.6 Å². The van der Waals surface area contributed by atoms with Crippen LogP contribution in [0.1, 0.15) is 51.7 Å². The average Bonchev–Trinajstić information content (AvgIpc) is 3.36. The van der Waals surface area contributed by atoms with Gasteiger partial charge in [-0.1, -0.05) is 38.0 Å². The van der Waals surface area contributed by atoms with E-state index < -0.39 is 0 Å². The van der Waals surface area contributed by atoms with Gasteiger partial charge in [-0.15, -0.1) is 0 Å². The van der Waals surface area contributed by atoms with Crippen LogP contribution in [0, 0.1) is 0 Å². The molecule has 28 heavy (non-hydrogen) atoms. The summed E-state index contributed by atoms with van der Waals surface area (Å²) in [5.41, 5.74) is 4.23. The van der Waals surface area contributed by atoms with Gasteiger partial charge in [0.2, 0.25) is 0 Å². The molecule has 2 atom stereocenters. The Bertz CT molecular complexity index is 829. The number of ether oxygens (including phenoxy) is 1. The van der Waals surface area contributed by atoms with Crippen LogP contribution in [-0.4, -0.2) is 43.6 Å². The molecule has 1 fully saturated rings. The van der Waals surface area contributed by atoms with Crippen molar-refractivity contribution in [3.8, 4) is 0 Å². The lowest BCUT2D eigenvalue weighted by atomic mass is 10.2. The van der Waals surface area contributed by atoms with Crippen molar-refractivity contribution in [3.63, 3.8) is 0 Å². The van der Waals surface area contributed by atoms with Gasteiger partial charge in [-0.05, 0) is 31.8 Å². The van der Waals surface area contributed by atoms with Crippen LogP contribution in [0.5, 0.6) is 0 Å². The Labute approximate surface area is 165 Å². The Morgan fingerprint density at radius 1 is 1.25 bits per heavy atom. The zero-order chi connectivity index (χ0) is 19.6. The van der Waals surface area contributed by atoms with Crippen LogP contribution in [-0.2, 0) is 4.74 Å². The largest absolute Gasteiger partial charge is 0.394 e. The van der Waals surface area contributed by atoms with Gasteiger partial charge in [0, 0.05) is 6.21 Å². The second kappa shape index (κ2) is 10.7. The first-order chi connectivity index (χ1) is 13.8. The van der Waals surface area contributed by atoms with Crippen LogP contribution in [0.15, 0.2) is 42.1 Å². The fraction of sp³-hybridized carbons (Fsp3) is 0.500. The number of hydrazone groups is 1. The quantitative estimate of drug-likeness (QED) is 0.281. The Morgan fingerprint density at radius 3 is 3.00 bits per heavy atom. The summed E-state index contributed by atoms with van der Waals surface area (Å²) >= 11 is 0. The maximum Gasteiger partial charge on any atom is 0.177 e. The molecule has 0 aliphatic carbocycles. The van der Waals surface area contributed by atoms with E-state index in [1.54, 1.807) is 12.5 Å². The first kappa shape index (κ1) is 20.2. The zero-order valence-corrected chi connectivity index (χ0v) is 16.2. The van der Waals surface area contributed by atoms with E-state index in [1.807, 2.05) is 22.8 Å². The van der Waals surface area contributed by atoms with Crippen LogP contribution in [0.4, 0.5) is 5.82 Å². The van der Waals surface area contributed by atoms with Crippen LogP contribution in [0.25, 0.3) is 11.2 Å². The summed E-state index contributed by atoms with van der Waals surface area (Å²) in [6, 6.07) is 0. The van der Waals surface area contributed by atoms with Crippen LogP contribution in [0.2, 0.25) is 0 Å². The highest BCUT2D eigenvalue weighted by Crippen LogP contribution is 2.31. The minimum atomic E-state index is -0.166. The van der Waals surface area contributed by atoms with Crippen LogP contribution < -0.4 is 5.43 Å². The third-order valence-electron chi connectivity index (χ3n) is 4.62. The van der Waals surface area contributed by atoms with Gasteiger partial charge in [-0.25, -0.2) is 15.0 Å². The summed E-state index contributed by atoms with van der Waals surface area (Å²) in [6.07, 6.45) is 19.1. The minimum absolute atomic E-state index is 0.0288. The molecule has 8 heteroatoms. The number of anilines is 1. The third kappa shape index (κ3) is 5.24. The molecule has 150 valence electrons. The van der Waals surface area contributed by atoms with Crippen LogP contribution in [0.3, 0.4) is 0 Å². The maximum atomic E-state index is 9.25. The Balaban J connectivity index is 1.57. The number of hydrogen-bond donors (Lipinski definition) is 2. The van der Waals surface area contributed by atoms with Crippen molar-refractivity contribution >= 4 is 23.2 Å². The fourth-order valence-corrected chi connectivity index (χ4v) is 3.11. The molecule has 0 amide bonds. The Kier molecular flexibility index (Phi) is 7.69. The lowest BCUT2D eigenvalue weighted by Gasteiger charge is -2.13. The molecular weight excluding hydrogens is 356 g/mol. The van der Waals surface area contributed by atoms with E-state index in [-0.39, 0.29) is 18.9 Å². The first-order valence-electron chi connectivity index (χ1n) is 9.88. The summed E-state index contributed by atoms with van der Waals surface area (Å²) in [7, 11) is 0. The summed E-state index contributed by atoms with van der Waals surface area (Å²) < 4.78 is 7.70. The van der Waals surface area contributed by atoms with Crippen LogP contribution >= 0.6 is 0 Å². The second-order valence-corrected chi connectivity index (χ2v) is 6.72. The molecule has 3 rings (SSSR count). The number of imidazole rings is 1. The van der Waals surface area contributed by atoms with Crippen molar-refractivity contribution in [2.45, 2.75) is 57.8 Å². The minimum Gasteiger partial charge on any atom is -0.394 e. The van der Waals surface area contributed by atoms with E-state index >= 15 is 0 Å². The molecule has 8 nitrogen and oxygen atoms in total. The van der Waals surface area contributed by atoms with E-state index in [9.17, 15) is 5.11 Å². The third-order valence-corrected chi connectivity index (χ3v) is 4.62. The number of allylic oxidation sites excluding steroid dienone is 4. The molecule has 0 saturated carbocycles. The first-order valence-corrected chi connectivity index (χ1v) is 9.88. The lowest BCUT2D eigenvalue weighted by Crippen LogP contribution is -2.14. The summed E-state index contributed by atoms with van der Waals surface area (Å²) in [5.74, 6) is 0.542. The molecule has 0 aromatic carbocycles. The predicted molar refractivity (Wildman–Crippen MR) is 110 cm³/mol. The molecule has 1 aliphatic rings. The van der Waals surface area contributed by atoms with Gasteiger partial charge in [0.25, 0.3) is 0 Å². The Hall–Kier alpha value is -2.58. The van der Waals surface area contributed by atoms with Gasteiger partial charge in [0.15, 0.2) is 17.0 Å². The highest BCUT2D eigenvalue weighted by molar-refractivity contribution is 5.83. The van der Waals surface area contributed by atoms with Gasteiger partial charge < -0.3 is 9.84 Å².